The number of carbonyl (C=O) groups is 1. The molecule has 7 nitrogen and oxygen atoms in total. The number of piperidine rings is 1. The fourth-order valence-corrected chi connectivity index (χ4v) is 5.81. The van der Waals surface area contributed by atoms with Gasteiger partial charge < -0.3 is 4.90 Å². The van der Waals surface area contributed by atoms with E-state index in [1.54, 1.807) is 6.07 Å². The van der Waals surface area contributed by atoms with Crippen LogP contribution in [-0.4, -0.2) is 36.9 Å². The predicted octanol–water partition coefficient (Wildman–Crippen LogP) is 3.41. The van der Waals surface area contributed by atoms with Gasteiger partial charge in [0.25, 0.3) is 10.0 Å². The molecule has 0 unspecified atom stereocenters. The van der Waals surface area contributed by atoms with Crippen LogP contribution in [0.5, 0.6) is 0 Å². The minimum atomic E-state index is -4.03. The van der Waals surface area contributed by atoms with Crippen LogP contribution in [0, 0.1) is 5.82 Å². The molecule has 4 rings (SSSR count). The second-order valence-corrected chi connectivity index (χ2v) is 10.1. The van der Waals surface area contributed by atoms with E-state index in [4.69, 9.17) is 0 Å². The lowest BCUT2D eigenvalue weighted by Crippen LogP contribution is -2.36. The summed E-state index contributed by atoms with van der Waals surface area (Å²) < 4.78 is 43.4. The van der Waals surface area contributed by atoms with Gasteiger partial charge in [-0.2, -0.15) is 0 Å². The number of fused-ring (bicyclic) bond motifs is 1. The van der Waals surface area contributed by atoms with Crippen molar-refractivity contribution >= 4 is 43.2 Å². The second kappa shape index (κ2) is 8.80. The number of nitrogens with one attached hydrogen (secondary N) is 1. The molecule has 31 heavy (non-hydrogen) atoms. The molecule has 1 N–H and O–H groups in total. The molecular formula is C21H22FN3O4S2. The van der Waals surface area contributed by atoms with E-state index in [-0.39, 0.29) is 34.3 Å². The van der Waals surface area contributed by atoms with Gasteiger partial charge in [-0.3, -0.25) is 18.9 Å². The Balaban J connectivity index is 1.54. The van der Waals surface area contributed by atoms with E-state index in [9.17, 15) is 22.4 Å². The summed E-state index contributed by atoms with van der Waals surface area (Å²) in [4.78, 5) is 26.4. The molecule has 0 saturated carbocycles. The third-order valence-corrected chi connectivity index (χ3v) is 7.63. The lowest BCUT2D eigenvalue weighted by Gasteiger charge is -2.26. The number of hydrogen-bond acceptors (Lipinski definition) is 5. The van der Waals surface area contributed by atoms with Crippen LogP contribution in [0.3, 0.4) is 0 Å². The summed E-state index contributed by atoms with van der Waals surface area (Å²) >= 11 is 0.922. The van der Waals surface area contributed by atoms with Gasteiger partial charge in [-0.25, -0.2) is 12.8 Å². The SMILES string of the molecule is O=C(CCn1c(=O)sc2cc(S(=O)(=O)Nc3ccccc3F)ccc21)N1CCCCC1. The molecule has 1 aliphatic rings. The smallest absolute Gasteiger partial charge is 0.308 e. The van der Waals surface area contributed by atoms with Gasteiger partial charge in [0, 0.05) is 26.1 Å². The van der Waals surface area contributed by atoms with E-state index in [1.165, 1.54) is 34.9 Å². The zero-order valence-electron chi connectivity index (χ0n) is 16.7. The van der Waals surface area contributed by atoms with Crippen LogP contribution in [0.25, 0.3) is 10.2 Å². The Morgan fingerprint density at radius 1 is 1.10 bits per heavy atom. The van der Waals surface area contributed by atoms with Crippen molar-refractivity contribution in [1.29, 1.82) is 0 Å². The number of thiazole rings is 1. The molecule has 1 aliphatic heterocycles. The van der Waals surface area contributed by atoms with Crippen molar-refractivity contribution in [2.75, 3.05) is 17.8 Å². The zero-order chi connectivity index (χ0) is 22.0. The summed E-state index contributed by atoms with van der Waals surface area (Å²) in [5, 5.41) is 0. The van der Waals surface area contributed by atoms with E-state index in [1.807, 2.05) is 4.90 Å². The summed E-state index contributed by atoms with van der Waals surface area (Å²) in [7, 11) is -4.03. The van der Waals surface area contributed by atoms with Crippen LogP contribution in [-0.2, 0) is 21.4 Å². The normalized spacial score (nSPS) is 14.7. The summed E-state index contributed by atoms with van der Waals surface area (Å²) in [5.41, 5.74) is 0.427. The average molecular weight is 464 g/mol. The molecule has 0 spiro atoms. The highest BCUT2D eigenvalue weighted by atomic mass is 32.2. The molecular weight excluding hydrogens is 441 g/mol. The number of carbonyl (C=O) groups excluding carboxylic acids is 1. The Labute approximate surface area is 183 Å². The number of amides is 1. The lowest BCUT2D eigenvalue weighted by atomic mass is 10.1. The quantitative estimate of drug-likeness (QED) is 0.607. The summed E-state index contributed by atoms with van der Waals surface area (Å²) in [5.74, 6) is -0.652. The third-order valence-electron chi connectivity index (χ3n) is 5.33. The van der Waals surface area contributed by atoms with Crippen LogP contribution < -0.4 is 9.60 Å². The number of anilines is 1. The Bertz CT molecular complexity index is 1280. The molecule has 0 aliphatic carbocycles. The minimum absolute atomic E-state index is 0.0271. The van der Waals surface area contributed by atoms with Crippen molar-refractivity contribution in [2.24, 2.45) is 0 Å². The van der Waals surface area contributed by atoms with Gasteiger partial charge in [0.15, 0.2) is 0 Å². The second-order valence-electron chi connectivity index (χ2n) is 7.43. The number of aromatic nitrogens is 1. The third kappa shape index (κ3) is 4.64. The molecule has 1 saturated heterocycles. The standard InChI is InChI=1S/C21H22FN3O4S2/c22-16-6-2-3-7-17(16)23-31(28,29)15-8-9-18-19(14-15)30-21(27)25(18)13-10-20(26)24-11-4-1-5-12-24/h2-3,6-9,14,23H,1,4-5,10-13H2. The molecule has 0 atom stereocenters. The molecule has 1 fully saturated rings. The largest absolute Gasteiger partial charge is 0.343 e. The summed E-state index contributed by atoms with van der Waals surface area (Å²) in [6.45, 7) is 1.76. The van der Waals surface area contributed by atoms with Crippen molar-refractivity contribution in [3.8, 4) is 0 Å². The van der Waals surface area contributed by atoms with Crippen molar-refractivity contribution in [1.82, 2.24) is 9.47 Å². The highest BCUT2D eigenvalue weighted by Gasteiger charge is 2.20. The predicted molar refractivity (Wildman–Crippen MR) is 118 cm³/mol. The number of rotatable bonds is 6. The molecule has 10 heteroatoms. The number of nitrogens with zero attached hydrogens (tertiary/aromatic N) is 2. The topological polar surface area (TPSA) is 88.5 Å². The van der Waals surface area contributed by atoms with Gasteiger partial charge in [0.1, 0.15) is 5.82 Å². The first-order valence-electron chi connectivity index (χ1n) is 10.0. The number of benzene rings is 2. The number of hydrogen-bond donors (Lipinski definition) is 1. The molecule has 2 heterocycles. The van der Waals surface area contributed by atoms with E-state index in [0.29, 0.717) is 10.2 Å². The zero-order valence-corrected chi connectivity index (χ0v) is 18.3. The van der Waals surface area contributed by atoms with Gasteiger partial charge >= 0.3 is 4.87 Å². The Morgan fingerprint density at radius 2 is 1.84 bits per heavy atom. The van der Waals surface area contributed by atoms with Gasteiger partial charge in [-0.15, -0.1) is 0 Å². The van der Waals surface area contributed by atoms with Crippen molar-refractivity contribution in [3.63, 3.8) is 0 Å². The Kier molecular flexibility index (Phi) is 6.10. The molecule has 0 bridgehead atoms. The van der Waals surface area contributed by atoms with Crippen LogP contribution in [0.1, 0.15) is 25.7 Å². The van der Waals surface area contributed by atoms with Gasteiger partial charge in [0.2, 0.25) is 5.91 Å². The van der Waals surface area contributed by atoms with Gasteiger partial charge in [-0.05, 0) is 49.6 Å². The van der Waals surface area contributed by atoms with E-state index in [0.717, 1.165) is 49.8 Å². The molecule has 1 aromatic heterocycles. The fourth-order valence-electron chi connectivity index (χ4n) is 3.68. The van der Waals surface area contributed by atoms with Crippen LogP contribution in [0.15, 0.2) is 52.2 Å². The molecule has 2 aromatic carbocycles. The molecule has 164 valence electrons. The maximum atomic E-state index is 13.8. The number of sulfonamides is 1. The lowest BCUT2D eigenvalue weighted by molar-refractivity contribution is -0.132. The van der Waals surface area contributed by atoms with Gasteiger partial charge in [-0.1, -0.05) is 23.5 Å². The highest BCUT2D eigenvalue weighted by molar-refractivity contribution is 7.92. The van der Waals surface area contributed by atoms with Crippen molar-refractivity contribution in [3.05, 3.63) is 57.9 Å². The van der Waals surface area contributed by atoms with E-state index in [2.05, 4.69) is 4.72 Å². The molecule has 1 amide bonds. The number of aryl methyl sites for hydroxylation is 1. The Morgan fingerprint density at radius 3 is 2.58 bits per heavy atom. The minimum Gasteiger partial charge on any atom is -0.343 e. The van der Waals surface area contributed by atoms with E-state index >= 15 is 0 Å². The molecule has 0 radical (unpaired) electrons. The summed E-state index contributed by atoms with van der Waals surface area (Å²) in [6, 6.07) is 9.82. The highest BCUT2D eigenvalue weighted by Crippen LogP contribution is 2.24. The first-order chi connectivity index (χ1) is 14.8. The molecule has 3 aromatic rings. The van der Waals surface area contributed by atoms with Crippen molar-refractivity contribution < 1.29 is 17.6 Å². The van der Waals surface area contributed by atoms with Crippen LogP contribution in [0.2, 0.25) is 0 Å². The van der Waals surface area contributed by atoms with Gasteiger partial charge in [0.05, 0.1) is 20.8 Å². The van der Waals surface area contributed by atoms with Crippen molar-refractivity contribution in [2.45, 2.75) is 37.1 Å². The number of para-hydroxylation sites is 1. The number of likely N-dealkylation sites (tertiary alicyclic amines) is 1. The Hall–Kier alpha value is -2.72. The maximum Gasteiger partial charge on any atom is 0.308 e. The first kappa shape index (κ1) is 21.5. The summed E-state index contributed by atoms with van der Waals surface area (Å²) in [6.07, 6.45) is 3.37. The first-order valence-corrected chi connectivity index (χ1v) is 12.3. The average Bonchev–Trinajstić information content (AvgIpc) is 3.08. The fraction of sp³-hybridized carbons (Fsp3) is 0.333. The number of halogens is 1. The van der Waals surface area contributed by atoms with E-state index < -0.39 is 15.8 Å². The maximum absolute atomic E-state index is 13.8. The van der Waals surface area contributed by atoms with Crippen LogP contribution in [0.4, 0.5) is 10.1 Å². The van der Waals surface area contributed by atoms with Crippen LogP contribution >= 0.6 is 11.3 Å². The monoisotopic (exact) mass is 463 g/mol.